The minimum Gasteiger partial charge on any atom is -0.340 e. The molecule has 0 saturated heterocycles. The van der Waals surface area contributed by atoms with E-state index in [1.807, 2.05) is 18.2 Å². The highest BCUT2D eigenvalue weighted by atomic mass is 35.5. The van der Waals surface area contributed by atoms with E-state index >= 15 is 0 Å². The fourth-order valence-corrected chi connectivity index (χ4v) is 1.82. The summed E-state index contributed by atoms with van der Waals surface area (Å²) >= 11 is 6.02. The monoisotopic (exact) mass is 207 g/mol. The Morgan fingerprint density at radius 3 is 2.86 bits per heavy atom. The molecule has 0 aliphatic heterocycles. The fraction of sp³-hybridized carbons (Fsp3) is 0.300. The van der Waals surface area contributed by atoms with E-state index in [1.54, 1.807) is 0 Å². The summed E-state index contributed by atoms with van der Waals surface area (Å²) in [5, 5.41) is 0.675. The van der Waals surface area contributed by atoms with Gasteiger partial charge in [-0.2, -0.15) is 0 Å². The largest absolute Gasteiger partial charge is 0.340 e. The maximum atomic E-state index is 6.04. The molecule has 0 atom stereocenters. The summed E-state index contributed by atoms with van der Waals surface area (Å²) < 4.78 is 0. The Balaban J connectivity index is 2.25. The predicted molar refractivity (Wildman–Crippen MR) is 56.2 cm³/mol. The van der Waals surface area contributed by atoms with E-state index < -0.39 is 0 Å². The molecule has 14 heavy (non-hydrogen) atoms. The SMILES string of the molecule is NC1(c2nc3c(Cl)cccc3[nH]2)CC1. The first-order chi connectivity index (χ1) is 6.69. The number of benzene rings is 1. The third-order valence-corrected chi connectivity index (χ3v) is 3.03. The molecule has 3 N–H and O–H groups in total. The minimum absolute atomic E-state index is 0.220. The van der Waals surface area contributed by atoms with Gasteiger partial charge in [-0.15, -0.1) is 0 Å². The van der Waals surface area contributed by atoms with Crippen molar-refractivity contribution in [2.75, 3.05) is 0 Å². The van der Waals surface area contributed by atoms with Crippen LogP contribution in [0, 0.1) is 0 Å². The third kappa shape index (κ3) is 1.06. The number of nitrogens with one attached hydrogen (secondary N) is 1. The lowest BCUT2D eigenvalue weighted by Crippen LogP contribution is -2.20. The van der Waals surface area contributed by atoms with E-state index in [4.69, 9.17) is 17.3 Å². The summed E-state index contributed by atoms with van der Waals surface area (Å²) in [6.07, 6.45) is 2.01. The van der Waals surface area contributed by atoms with Gasteiger partial charge >= 0.3 is 0 Å². The van der Waals surface area contributed by atoms with E-state index in [0.29, 0.717) is 5.02 Å². The lowest BCUT2D eigenvalue weighted by Gasteiger charge is -2.01. The number of fused-ring (bicyclic) bond motifs is 1. The molecule has 1 aliphatic carbocycles. The van der Waals surface area contributed by atoms with Crippen molar-refractivity contribution in [1.82, 2.24) is 9.97 Å². The van der Waals surface area contributed by atoms with Crippen LogP contribution in [0.15, 0.2) is 18.2 Å². The van der Waals surface area contributed by atoms with Gasteiger partial charge in [0.2, 0.25) is 0 Å². The number of hydrogen-bond acceptors (Lipinski definition) is 2. The number of imidazole rings is 1. The summed E-state index contributed by atoms with van der Waals surface area (Å²) in [6.45, 7) is 0. The van der Waals surface area contributed by atoms with Crippen molar-refractivity contribution >= 4 is 22.6 Å². The van der Waals surface area contributed by atoms with Gasteiger partial charge in [-0.3, -0.25) is 0 Å². The maximum Gasteiger partial charge on any atom is 0.127 e. The van der Waals surface area contributed by atoms with Crippen LogP contribution in [0.3, 0.4) is 0 Å². The molecular formula is C10H10ClN3. The smallest absolute Gasteiger partial charge is 0.127 e. The maximum absolute atomic E-state index is 6.04. The number of H-pyrrole nitrogens is 1. The zero-order valence-corrected chi connectivity index (χ0v) is 8.30. The van der Waals surface area contributed by atoms with Crippen molar-refractivity contribution in [3.63, 3.8) is 0 Å². The van der Waals surface area contributed by atoms with Crippen LogP contribution in [-0.4, -0.2) is 9.97 Å². The van der Waals surface area contributed by atoms with Crippen molar-refractivity contribution in [3.05, 3.63) is 29.0 Å². The van der Waals surface area contributed by atoms with Crippen molar-refractivity contribution in [2.45, 2.75) is 18.4 Å². The molecule has 2 aromatic rings. The molecule has 1 aromatic heterocycles. The lowest BCUT2D eigenvalue weighted by molar-refractivity contribution is 0.688. The van der Waals surface area contributed by atoms with Gasteiger partial charge in [0.15, 0.2) is 0 Å². The highest BCUT2D eigenvalue weighted by Crippen LogP contribution is 2.41. The average molecular weight is 208 g/mol. The minimum atomic E-state index is -0.220. The Morgan fingerprint density at radius 2 is 2.21 bits per heavy atom. The second-order valence-corrected chi connectivity index (χ2v) is 4.28. The number of halogens is 1. The van der Waals surface area contributed by atoms with Crippen molar-refractivity contribution in [1.29, 1.82) is 0 Å². The molecule has 0 bridgehead atoms. The van der Waals surface area contributed by atoms with Gasteiger partial charge in [0.05, 0.1) is 16.1 Å². The number of nitrogens with zero attached hydrogens (tertiary/aromatic N) is 1. The quantitative estimate of drug-likeness (QED) is 0.753. The first-order valence-corrected chi connectivity index (χ1v) is 5.00. The third-order valence-electron chi connectivity index (χ3n) is 2.72. The molecule has 1 aromatic carbocycles. The Labute approximate surface area is 86.3 Å². The molecule has 1 fully saturated rings. The van der Waals surface area contributed by atoms with Gasteiger partial charge in [0.25, 0.3) is 0 Å². The van der Waals surface area contributed by atoms with Crippen LogP contribution in [0.2, 0.25) is 5.02 Å². The molecule has 0 spiro atoms. The zero-order valence-electron chi connectivity index (χ0n) is 7.55. The number of hydrogen-bond donors (Lipinski definition) is 2. The molecule has 1 aliphatic rings. The van der Waals surface area contributed by atoms with Gasteiger partial charge in [-0.25, -0.2) is 4.98 Å². The first kappa shape index (κ1) is 8.26. The molecule has 0 radical (unpaired) electrons. The van der Waals surface area contributed by atoms with E-state index in [0.717, 1.165) is 29.7 Å². The summed E-state index contributed by atoms with van der Waals surface area (Å²) in [7, 11) is 0. The molecule has 4 heteroatoms. The summed E-state index contributed by atoms with van der Waals surface area (Å²) in [5.74, 6) is 0.862. The molecular weight excluding hydrogens is 198 g/mol. The molecule has 0 unspecified atom stereocenters. The molecule has 0 amide bonds. The second-order valence-electron chi connectivity index (χ2n) is 3.88. The predicted octanol–water partition coefficient (Wildman–Crippen LogP) is 2.16. The Bertz CT molecular complexity index is 499. The Morgan fingerprint density at radius 1 is 1.43 bits per heavy atom. The number of aromatic amines is 1. The highest BCUT2D eigenvalue weighted by Gasteiger charge is 2.43. The fourth-order valence-electron chi connectivity index (χ4n) is 1.60. The van der Waals surface area contributed by atoms with E-state index in [9.17, 15) is 0 Å². The number of rotatable bonds is 1. The number of aromatic nitrogens is 2. The molecule has 3 nitrogen and oxygen atoms in total. The molecule has 72 valence electrons. The van der Waals surface area contributed by atoms with Crippen LogP contribution in [0.5, 0.6) is 0 Å². The van der Waals surface area contributed by atoms with Crippen molar-refractivity contribution < 1.29 is 0 Å². The van der Waals surface area contributed by atoms with Gasteiger partial charge in [-0.05, 0) is 25.0 Å². The van der Waals surface area contributed by atoms with Gasteiger partial charge in [0.1, 0.15) is 11.3 Å². The highest BCUT2D eigenvalue weighted by molar-refractivity contribution is 6.34. The van der Waals surface area contributed by atoms with E-state index in [1.165, 1.54) is 0 Å². The zero-order chi connectivity index (χ0) is 9.76. The van der Waals surface area contributed by atoms with E-state index in [2.05, 4.69) is 9.97 Å². The van der Waals surface area contributed by atoms with Gasteiger partial charge in [0, 0.05) is 0 Å². The van der Waals surface area contributed by atoms with Gasteiger partial charge in [-0.1, -0.05) is 17.7 Å². The number of nitrogens with two attached hydrogens (primary N) is 1. The van der Waals surface area contributed by atoms with Crippen molar-refractivity contribution in [2.24, 2.45) is 5.73 Å². The summed E-state index contributed by atoms with van der Waals surface area (Å²) in [4.78, 5) is 7.65. The van der Waals surface area contributed by atoms with Crippen LogP contribution in [0.1, 0.15) is 18.7 Å². The normalized spacial score (nSPS) is 18.7. The van der Waals surface area contributed by atoms with Crippen LogP contribution in [0.25, 0.3) is 11.0 Å². The standard InChI is InChI=1S/C10H10ClN3/c11-6-2-1-3-7-8(6)14-9(13-7)10(12)4-5-10/h1-3H,4-5,12H2,(H,13,14). The van der Waals surface area contributed by atoms with Crippen LogP contribution in [-0.2, 0) is 5.54 Å². The van der Waals surface area contributed by atoms with Crippen LogP contribution in [0.4, 0.5) is 0 Å². The lowest BCUT2D eigenvalue weighted by atomic mass is 10.3. The van der Waals surface area contributed by atoms with Crippen molar-refractivity contribution in [3.8, 4) is 0 Å². The molecule has 3 rings (SSSR count). The molecule has 1 saturated carbocycles. The average Bonchev–Trinajstić information content (AvgIpc) is 2.77. The Hall–Kier alpha value is -1.06. The second kappa shape index (κ2) is 2.49. The van der Waals surface area contributed by atoms with Crippen LogP contribution >= 0.6 is 11.6 Å². The summed E-state index contributed by atoms with van der Waals surface area (Å²) in [6, 6.07) is 5.71. The number of para-hydroxylation sites is 1. The first-order valence-electron chi connectivity index (χ1n) is 4.63. The summed E-state index contributed by atoms with van der Waals surface area (Å²) in [5.41, 5.74) is 7.61. The topological polar surface area (TPSA) is 54.7 Å². The Kier molecular flexibility index (Phi) is 1.47. The van der Waals surface area contributed by atoms with E-state index in [-0.39, 0.29) is 5.54 Å². The van der Waals surface area contributed by atoms with Crippen LogP contribution < -0.4 is 5.73 Å². The van der Waals surface area contributed by atoms with Gasteiger partial charge < -0.3 is 10.7 Å². The molecule has 1 heterocycles.